The third kappa shape index (κ3) is 0.445. The number of ketones is 1. The summed E-state index contributed by atoms with van der Waals surface area (Å²) in [6, 6.07) is 0. The summed E-state index contributed by atoms with van der Waals surface area (Å²) in [7, 11) is 0. The highest BCUT2D eigenvalue weighted by atomic mass is 16.1. The average Bonchev–Trinajstić information content (AvgIpc) is 1.91. The van der Waals surface area contributed by atoms with Crippen molar-refractivity contribution in [3.8, 4) is 0 Å². The molecule has 2 aliphatic carbocycles. The second kappa shape index (κ2) is 1.34. The Kier molecular flexibility index (Phi) is 0.758. The Bertz CT molecular complexity index is 114. The second-order valence-corrected chi connectivity index (χ2v) is 3.04. The van der Waals surface area contributed by atoms with Crippen LogP contribution in [0.3, 0.4) is 0 Å². The Morgan fingerprint density at radius 1 is 1.12 bits per heavy atom. The molecule has 0 aromatic carbocycles. The maximum Gasteiger partial charge on any atom is 0.133 e. The van der Waals surface area contributed by atoms with E-state index in [2.05, 4.69) is 0 Å². The van der Waals surface area contributed by atoms with Gasteiger partial charge in [-0.25, -0.2) is 0 Å². The molecule has 2 saturated carbocycles. The molecule has 0 spiro atoms. The number of hydrogen-bond acceptors (Lipinski definition) is 1. The standard InChI is InChI=1S/C7H10O/c8-7-3-5-1-2-6(5)4-7/h5-6H,1-4H2/t5-,6-/m0/s1. The first kappa shape index (κ1) is 4.54. The summed E-state index contributed by atoms with van der Waals surface area (Å²) in [5, 5.41) is 0. The van der Waals surface area contributed by atoms with Gasteiger partial charge in [-0.1, -0.05) is 0 Å². The highest BCUT2D eigenvalue weighted by Gasteiger charge is 2.38. The molecule has 2 fully saturated rings. The van der Waals surface area contributed by atoms with E-state index in [0.29, 0.717) is 5.78 Å². The summed E-state index contributed by atoms with van der Waals surface area (Å²) in [5.74, 6) is 2.16. The van der Waals surface area contributed by atoms with Crippen LogP contribution in [0.2, 0.25) is 0 Å². The highest BCUT2D eigenvalue weighted by Crippen LogP contribution is 2.44. The fraction of sp³-hybridized carbons (Fsp3) is 0.857. The average molecular weight is 110 g/mol. The van der Waals surface area contributed by atoms with Crippen molar-refractivity contribution in [2.24, 2.45) is 11.8 Å². The van der Waals surface area contributed by atoms with Gasteiger partial charge in [0.15, 0.2) is 0 Å². The number of carbonyl (C=O) groups excluding carboxylic acids is 1. The molecule has 44 valence electrons. The molecular formula is C7H10O. The molecule has 1 heteroatoms. The van der Waals surface area contributed by atoms with Crippen LogP contribution >= 0.6 is 0 Å². The Morgan fingerprint density at radius 2 is 1.62 bits per heavy atom. The number of Topliss-reactive ketones (excluding diaryl/α,β-unsaturated/α-hetero) is 1. The molecule has 0 aromatic rings. The van der Waals surface area contributed by atoms with Gasteiger partial charge in [0.2, 0.25) is 0 Å². The van der Waals surface area contributed by atoms with Gasteiger partial charge in [-0.05, 0) is 24.7 Å². The van der Waals surface area contributed by atoms with Gasteiger partial charge in [-0.2, -0.15) is 0 Å². The minimum atomic E-state index is 0.512. The lowest BCUT2D eigenvalue weighted by Gasteiger charge is -2.28. The molecular weight excluding hydrogens is 100 g/mol. The van der Waals surface area contributed by atoms with Crippen LogP contribution in [0.5, 0.6) is 0 Å². The zero-order valence-electron chi connectivity index (χ0n) is 4.89. The van der Waals surface area contributed by atoms with E-state index >= 15 is 0 Å². The van der Waals surface area contributed by atoms with Crippen molar-refractivity contribution in [3.63, 3.8) is 0 Å². The summed E-state index contributed by atoms with van der Waals surface area (Å²) >= 11 is 0. The Hall–Kier alpha value is -0.330. The SMILES string of the molecule is O=C1C[C@@H]2CC[C@H]2C1. The monoisotopic (exact) mass is 110 g/mol. The third-order valence-corrected chi connectivity index (χ3v) is 2.55. The van der Waals surface area contributed by atoms with Crippen LogP contribution in [-0.2, 0) is 4.79 Å². The summed E-state index contributed by atoms with van der Waals surface area (Å²) in [6.45, 7) is 0. The van der Waals surface area contributed by atoms with Crippen LogP contribution in [0.1, 0.15) is 25.7 Å². The van der Waals surface area contributed by atoms with Crippen LogP contribution in [0.15, 0.2) is 0 Å². The van der Waals surface area contributed by atoms with Crippen molar-refractivity contribution in [1.29, 1.82) is 0 Å². The normalized spacial score (nSPS) is 43.8. The predicted molar refractivity (Wildman–Crippen MR) is 30.5 cm³/mol. The summed E-state index contributed by atoms with van der Waals surface area (Å²) < 4.78 is 0. The van der Waals surface area contributed by atoms with E-state index in [-0.39, 0.29) is 0 Å². The number of fused-ring (bicyclic) bond motifs is 1. The largest absolute Gasteiger partial charge is 0.300 e. The van der Waals surface area contributed by atoms with E-state index in [1.807, 2.05) is 0 Å². The fourth-order valence-corrected chi connectivity index (χ4v) is 1.84. The quantitative estimate of drug-likeness (QED) is 0.460. The number of hydrogen-bond donors (Lipinski definition) is 0. The maximum atomic E-state index is 10.7. The van der Waals surface area contributed by atoms with Crippen LogP contribution in [0.4, 0.5) is 0 Å². The fourth-order valence-electron chi connectivity index (χ4n) is 1.84. The van der Waals surface area contributed by atoms with Gasteiger partial charge in [0.25, 0.3) is 0 Å². The van der Waals surface area contributed by atoms with Crippen LogP contribution in [0.25, 0.3) is 0 Å². The molecule has 0 bridgehead atoms. The highest BCUT2D eigenvalue weighted by molar-refractivity contribution is 5.81. The first-order valence-electron chi connectivity index (χ1n) is 3.38. The predicted octanol–water partition coefficient (Wildman–Crippen LogP) is 1.38. The first-order valence-corrected chi connectivity index (χ1v) is 3.38. The lowest BCUT2D eigenvalue weighted by molar-refractivity contribution is -0.117. The van der Waals surface area contributed by atoms with Crippen molar-refractivity contribution in [3.05, 3.63) is 0 Å². The van der Waals surface area contributed by atoms with Crippen molar-refractivity contribution in [2.75, 3.05) is 0 Å². The number of carbonyl (C=O) groups is 1. The summed E-state index contributed by atoms with van der Waals surface area (Å²) in [5.41, 5.74) is 0. The molecule has 0 heterocycles. The topological polar surface area (TPSA) is 17.1 Å². The molecule has 2 aliphatic rings. The van der Waals surface area contributed by atoms with E-state index in [9.17, 15) is 4.79 Å². The van der Waals surface area contributed by atoms with Crippen LogP contribution in [0, 0.1) is 11.8 Å². The zero-order valence-corrected chi connectivity index (χ0v) is 4.89. The van der Waals surface area contributed by atoms with Crippen molar-refractivity contribution >= 4 is 5.78 Å². The van der Waals surface area contributed by atoms with E-state index in [4.69, 9.17) is 0 Å². The molecule has 1 nitrogen and oxygen atoms in total. The van der Waals surface area contributed by atoms with E-state index in [0.717, 1.165) is 24.7 Å². The smallest absolute Gasteiger partial charge is 0.133 e. The van der Waals surface area contributed by atoms with Crippen molar-refractivity contribution in [2.45, 2.75) is 25.7 Å². The maximum absolute atomic E-state index is 10.7. The van der Waals surface area contributed by atoms with Gasteiger partial charge in [-0.15, -0.1) is 0 Å². The molecule has 0 N–H and O–H groups in total. The molecule has 0 amide bonds. The minimum Gasteiger partial charge on any atom is -0.300 e. The van der Waals surface area contributed by atoms with E-state index in [1.165, 1.54) is 12.8 Å². The third-order valence-electron chi connectivity index (χ3n) is 2.55. The van der Waals surface area contributed by atoms with Crippen molar-refractivity contribution in [1.82, 2.24) is 0 Å². The minimum absolute atomic E-state index is 0.512. The van der Waals surface area contributed by atoms with Crippen LogP contribution in [-0.4, -0.2) is 5.78 Å². The van der Waals surface area contributed by atoms with Gasteiger partial charge in [-0.3, -0.25) is 4.79 Å². The van der Waals surface area contributed by atoms with Crippen LogP contribution < -0.4 is 0 Å². The molecule has 2 atom stereocenters. The van der Waals surface area contributed by atoms with Gasteiger partial charge in [0.1, 0.15) is 5.78 Å². The molecule has 0 aromatic heterocycles. The van der Waals surface area contributed by atoms with Gasteiger partial charge in [0.05, 0.1) is 0 Å². The molecule has 2 rings (SSSR count). The number of rotatable bonds is 0. The first-order chi connectivity index (χ1) is 3.86. The van der Waals surface area contributed by atoms with Gasteiger partial charge < -0.3 is 0 Å². The Balaban J connectivity index is 2.10. The van der Waals surface area contributed by atoms with Gasteiger partial charge in [0, 0.05) is 12.8 Å². The molecule has 0 unspecified atom stereocenters. The second-order valence-electron chi connectivity index (χ2n) is 3.04. The van der Waals surface area contributed by atoms with E-state index in [1.54, 1.807) is 0 Å². The molecule has 0 saturated heterocycles. The summed E-state index contributed by atoms with van der Waals surface area (Å²) in [4.78, 5) is 10.7. The molecule has 0 radical (unpaired) electrons. The Labute approximate surface area is 49.1 Å². The zero-order chi connectivity index (χ0) is 5.56. The lowest BCUT2D eigenvalue weighted by Crippen LogP contribution is -2.18. The molecule has 8 heavy (non-hydrogen) atoms. The lowest BCUT2D eigenvalue weighted by atomic mass is 9.77. The Morgan fingerprint density at radius 3 is 1.88 bits per heavy atom. The van der Waals surface area contributed by atoms with Gasteiger partial charge >= 0.3 is 0 Å². The van der Waals surface area contributed by atoms with E-state index < -0.39 is 0 Å². The van der Waals surface area contributed by atoms with Crippen molar-refractivity contribution < 1.29 is 4.79 Å². The summed E-state index contributed by atoms with van der Waals surface area (Å²) in [6.07, 6.45) is 4.47. The molecule has 0 aliphatic heterocycles.